The molecule has 12 heteroatoms. The topological polar surface area (TPSA) is 123 Å². The number of halogens is 2. The fourth-order valence-electron chi connectivity index (χ4n) is 1.98. The van der Waals surface area contributed by atoms with Crippen LogP contribution in [0.25, 0.3) is 0 Å². The number of amides is 2. The van der Waals surface area contributed by atoms with Gasteiger partial charge < -0.3 is 4.74 Å². The van der Waals surface area contributed by atoms with E-state index in [0.29, 0.717) is 5.02 Å². The Morgan fingerprint density at radius 1 is 1.14 bits per heavy atom. The Labute approximate surface area is 180 Å². The first-order valence-electron chi connectivity index (χ1n) is 7.94. The predicted molar refractivity (Wildman–Crippen MR) is 111 cm³/mol. The fraction of sp³-hybridized carbons (Fsp3) is 0.118. The number of hydrazine groups is 1. The summed E-state index contributed by atoms with van der Waals surface area (Å²) in [6, 6.07) is 9.50. The first-order chi connectivity index (χ1) is 13.7. The third-order valence-electron chi connectivity index (χ3n) is 3.43. The number of carbonyl (C=O) groups is 2. The molecular formula is C17H14Cl2N4O5S. The van der Waals surface area contributed by atoms with Gasteiger partial charge in [0.25, 0.3) is 17.5 Å². The minimum Gasteiger partial charge on any atom is -0.479 e. The quantitative estimate of drug-likeness (QED) is 0.358. The molecule has 0 aromatic heterocycles. The van der Waals surface area contributed by atoms with Crippen LogP contribution in [0.5, 0.6) is 5.75 Å². The smallest absolute Gasteiger partial charge is 0.269 e. The molecule has 0 aliphatic rings. The van der Waals surface area contributed by atoms with Crippen LogP contribution in [0.15, 0.2) is 42.5 Å². The van der Waals surface area contributed by atoms with Crippen LogP contribution in [0, 0.1) is 10.1 Å². The zero-order valence-corrected chi connectivity index (χ0v) is 17.1. The van der Waals surface area contributed by atoms with Gasteiger partial charge in [0, 0.05) is 22.7 Å². The number of rotatable bonds is 5. The largest absolute Gasteiger partial charge is 0.479 e. The minimum absolute atomic E-state index is 0.146. The van der Waals surface area contributed by atoms with Gasteiger partial charge in [-0.25, -0.2) is 0 Å². The first kappa shape index (κ1) is 22.3. The Kier molecular flexibility index (Phi) is 7.71. The Morgan fingerprint density at radius 2 is 1.79 bits per heavy atom. The fourth-order valence-corrected chi connectivity index (χ4v) is 2.58. The number of carbonyl (C=O) groups excluding carboxylic acids is 2. The lowest BCUT2D eigenvalue weighted by Gasteiger charge is -2.16. The standard InChI is InChI=1S/C17H14Cl2N4O5S/c1-9(28-14-7-4-11(18)8-13(14)19)15(24)20-17(29)22-21-16(25)10-2-5-12(6-3-10)23(26)27/h2-9H,1H3,(H,21,25)(H2,20,22,24,29). The number of nitro groups is 1. The summed E-state index contributed by atoms with van der Waals surface area (Å²) in [4.78, 5) is 34.2. The van der Waals surface area contributed by atoms with E-state index >= 15 is 0 Å². The van der Waals surface area contributed by atoms with Gasteiger partial charge in [0.15, 0.2) is 11.2 Å². The number of hydrogen-bond donors (Lipinski definition) is 3. The number of nitrogens with zero attached hydrogens (tertiary/aromatic N) is 1. The summed E-state index contributed by atoms with van der Waals surface area (Å²) in [5.41, 5.74) is 4.63. The molecule has 0 radical (unpaired) electrons. The molecule has 0 fully saturated rings. The molecule has 0 aliphatic carbocycles. The lowest BCUT2D eigenvalue weighted by Crippen LogP contribution is -2.51. The molecule has 2 aromatic carbocycles. The third kappa shape index (κ3) is 6.56. The number of nitro benzene ring substituents is 1. The number of non-ortho nitro benzene ring substituents is 1. The molecule has 0 saturated carbocycles. The molecule has 1 atom stereocenters. The molecule has 9 nitrogen and oxygen atoms in total. The minimum atomic E-state index is -0.946. The van der Waals surface area contributed by atoms with Crippen molar-refractivity contribution in [3.8, 4) is 5.75 Å². The van der Waals surface area contributed by atoms with E-state index in [1.54, 1.807) is 6.07 Å². The molecule has 152 valence electrons. The van der Waals surface area contributed by atoms with Crippen molar-refractivity contribution < 1.29 is 19.2 Å². The molecule has 2 aromatic rings. The maximum Gasteiger partial charge on any atom is 0.269 e. The molecule has 0 aliphatic heterocycles. The highest BCUT2D eigenvalue weighted by molar-refractivity contribution is 7.80. The molecule has 3 N–H and O–H groups in total. The van der Waals surface area contributed by atoms with E-state index in [0.717, 1.165) is 0 Å². The average molecular weight is 457 g/mol. The van der Waals surface area contributed by atoms with E-state index in [-0.39, 0.29) is 27.1 Å². The van der Waals surface area contributed by atoms with Gasteiger partial charge in [-0.05, 0) is 49.5 Å². The van der Waals surface area contributed by atoms with Gasteiger partial charge in [-0.3, -0.25) is 35.9 Å². The number of ether oxygens (including phenoxy) is 1. The van der Waals surface area contributed by atoms with Crippen molar-refractivity contribution in [2.45, 2.75) is 13.0 Å². The highest BCUT2D eigenvalue weighted by atomic mass is 35.5. The van der Waals surface area contributed by atoms with E-state index in [1.807, 2.05) is 0 Å². The van der Waals surface area contributed by atoms with Crippen LogP contribution in [-0.4, -0.2) is 28.0 Å². The zero-order valence-electron chi connectivity index (χ0n) is 14.8. The molecule has 2 amide bonds. The molecule has 0 spiro atoms. The van der Waals surface area contributed by atoms with Crippen LogP contribution in [0.1, 0.15) is 17.3 Å². The van der Waals surface area contributed by atoms with Crippen LogP contribution in [-0.2, 0) is 4.79 Å². The van der Waals surface area contributed by atoms with E-state index in [9.17, 15) is 19.7 Å². The molecule has 0 bridgehead atoms. The van der Waals surface area contributed by atoms with Crippen molar-refractivity contribution in [1.82, 2.24) is 16.2 Å². The van der Waals surface area contributed by atoms with E-state index in [4.69, 9.17) is 40.2 Å². The number of thiocarbonyl (C=S) groups is 1. The van der Waals surface area contributed by atoms with Crippen molar-refractivity contribution in [1.29, 1.82) is 0 Å². The Morgan fingerprint density at radius 3 is 2.38 bits per heavy atom. The first-order valence-corrected chi connectivity index (χ1v) is 9.11. The van der Waals surface area contributed by atoms with Crippen LogP contribution < -0.4 is 20.9 Å². The molecule has 2 rings (SSSR count). The predicted octanol–water partition coefficient (Wildman–Crippen LogP) is 3.00. The molecular weight excluding hydrogens is 443 g/mol. The van der Waals surface area contributed by atoms with Crippen LogP contribution in [0.4, 0.5) is 5.69 Å². The summed E-state index contributed by atoms with van der Waals surface area (Å²) >= 11 is 16.7. The van der Waals surface area contributed by atoms with Gasteiger partial charge in [0.05, 0.1) is 9.95 Å². The van der Waals surface area contributed by atoms with E-state index in [2.05, 4.69) is 16.2 Å². The highest BCUT2D eigenvalue weighted by Crippen LogP contribution is 2.28. The van der Waals surface area contributed by atoms with Crippen LogP contribution in [0.3, 0.4) is 0 Å². The van der Waals surface area contributed by atoms with Crippen molar-refractivity contribution in [2.75, 3.05) is 0 Å². The summed E-state index contributed by atoms with van der Waals surface area (Å²) in [6.45, 7) is 1.48. The second-order valence-electron chi connectivity index (χ2n) is 5.54. The number of benzene rings is 2. The van der Waals surface area contributed by atoms with E-state index in [1.165, 1.54) is 43.3 Å². The summed E-state index contributed by atoms with van der Waals surface area (Å²) in [5, 5.41) is 13.5. The van der Waals surface area contributed by atoms with Gasteiger partial charge >= 0.3 is 0 Å². The molecule has 0 saturated heterocycles. The lowest BCUT2D eigenvalue weighted by atomic mass is 10.2. The maximum absolute atomic E-state index is 12.1. The monoisotopic (exact) mass is 456 g/mol. The summed E-state index contributed by atoms with van der Waals surface area (Å²) in [7, 11) is 0. The average Bonchev–Trinajstić information content (AvgIpc) is 2.68. The second-order valence-corrected chi connectivity index (χ2v) is 6.79. The summed E-state index contributed by atoms with van der Waals surface area (Å²) < 4.78 is 5.46. The van der Waals surface area contributed by atoms with Gasteiger partial charge in [-0.15, -0.1) is 0 Å². The van der Waals surface area contributed by atoms with Crippen LogP contribution in [0.2, 0.25) is 10.0 Å². The molecule has 29 heavy (non-hydrogen) atoms. The van der Waals surface area contributed by atoms with Crippen LogP contribution >= 0.6 is 35.4 Å². The maximum atomic E-state index is 12.1. The van der Waals surface area contributed by atoms with Gasteiger partial charge in [-0.1, -0.05) is 23.2 Å². The van der Waals surface area contributed by atoms with Crippen molar-refractivity contribution >= 4 is 58.0 Å². The Bertz CT molecular complexity index is 955. The van der Waals surface area contributed by atoms with Gasteiger partial charge in [0.2, 0.25) is 0 Å². The normalized spacial score (nSPS) is 11.1. The molecule has 1 unspecified atom stereocenters. The van der Waals surface area contributed by atoms with Crippen molar-refractivity contribution in [2.24, 2.45) is 0 Å². The van der Waals surface area contributed by atoms with Crippen molar-refractivity contribution in [3.05, 3.63) is 68.2 Å². The number of hydrogen-bond acceptors (Lipinski definition) is 6. The van der Waals surface area contributed by atoms with E-state index < -0.39 is 22.8 Å². The zero-order chi connectivity index (χ0) is 21.6. The molecule has 0 heterocycles. The summed E-state index contributed by atoms with van der Waals surface area (Å²) in [5.74, 6) is -0.920. The highest BCUT2D eigenvalue weighted by Gasteiger charge is 2.18. The Hall–Kier alpha value is -2.95. The number of nitrogens with one attached hydrogen (secondary N) is 3. The lowest BCUT2D eigenvalue weighted by molar-refractivity contribution is -0.384. The van der Waals surface area contributed by atoms with Gasteiger partial charge in [-0.2, -0.15) is 0 Å². The van der Waals surface area contributed by atoms with Gasteiger partial charge in [0.1, 0.15) is 5.75 Å². The third-order valence-corrected chi connectivity index (χ3v) is 4.17. The van der Waals surface area contributed by atoms with Crippen molar-refractivity contribution in [3.63, 3.8) is 0 Å². The Balaban J connectivity index is 1.83. The summed E-state index contributed by atoms with van der Waals surface area (Å²) in [6.07, 6.45) is -0.946. The second kappa shape index (κ2) is 10.0. The SMILES string of the molecule is CC(Oc1ccc(Cl)cc1Cl)C(=O)NC(=S)NNC(=O)c1ccc([N+](=O)[O-])cc1.